The molecular formula is C17H17NO3S. The van der Waals surface area contributed by atoms with E-state index in [1.165, 1.54) is 11.3 Å². The van der Waals surface area contributed by atoms with Crippen molar-refractivity contribution in [2.45, 2.75) is 38.1 Å². The minimum atomic E-state index is -0.767. The molecule has 4 rings (SSSR count). The molecule has 1 aromatic heterocycles. The number of aliphatic hydroxyl groups excluding tert-OH is 1. The maximum atomic E-state index is 12.8. The maximum absolute atomic E-state index is 12.8. The topological polar surface area (TPSA) is 49.8 Å². The van der Waals surface area contributed by atoms with E-state index in [0.29, 0.717) is 6.54 Å². The average Bonchev–Trinajstić information content (AvgIpc) is 3.05. The van der Waals surface area contributed by atoms with E-state index in [-0.39, 0.29) is 11.9 Å². The maximum Gasteiger partial charge on any atom is 0.255 e. The van der Waals surface area contributed by atoms with E-state index in [0.717, 1.165) is 21.8 Å². The summed E-state index contributed by atoms with van der Waals surface area (Å²) >= 11 is 1.53. The Labute approximate surface area is 133 Å². The van der Waals surface area contributed by atoms with Crippen molar-refractivity contribution in [2.75, 3.05) is 0 Å². The molecule has 2 aliphatic heterocycles. The number of thiophene rings is 1. The lowest BCUT2D eigenvalue weighted by molar-refractivity contribution is -0.0850. The number of carbonyl (C=O) groups is 1. The molecule has 22 heavy (non-hydrogen) atoms. The molecule has 0 radical (unpaired) electrons. The molecule has 3 heterocycles. The predicted molar refractivity (Wildman–Crippen MR) is 84.1 cm³/mol. The molecule has 1 N–H and O–H groups in total. The largest absolute Gasteiger partial charge is 0.484 e. The molecule has 1 unspecified atom stereocenters. The molecule has 114 valence electrons. The standard InChI is InChI=1S/C17H17NO3S/c1-17(2)15(19)13(14-12(21-17)7-8-22-14)18-9-10-5-3-4-6-11(10)16(18)20/h3-8,13,15,19H,9H2,1-2H3/t13?,15-/m0/s1. The first-order valence-electron chi connectivity index (χ1n) is 7.32. The summed E-state index contributed by atoms with van der Waals surface area (Å²) in [5, 5.41) is 12.8. The number of nitrogens with zero attached hydrogens (tertiary/aromatic N) is 1. The van der Waals surface area contributed by atoms with Gasteiger partial charge in [-0.2, -0.15) is 0 Å². The van der Waals surface area contributed by atoms with Crippen LogP contribution >= 0.6 is 11.3 Å². The number of hydrogen-bond donors (Lipinski definition) is 1. The Bertz CT molecular complexity index is 752. The second kappa shape index (κ2) is 4.57. The second-order valence-electron chi connectivity index (χ2n) is 6.33. The van der Waals surface area contributed by atoms with Crippen LogP contribution in [-0.4, -0.2) is 27.6 Å². The monoisotopic (exact) mass is 315 g/mol. The third-order valence-electron chi connectivity index (χ3n) is 4.50. The molecule has 2 atom stereocenters. The molecule has 0 saturated carbocycles. The molecule has 1 amide bonds. The second-order valence-corrected chi connectivity index (χ2v) is 7.28. The fourth-order valence-electron chi connectivity index (χ4n) is 3.29. The van der Waals surface area contributed by atoms with Crippen LogP contribution in [0.15, 0.2) is 35.7 Å². The van der Waals surface area contributed by atoms with Gasteiger partial charge in [-0.3, -0.25) is 4.79 Å². The fraction of sp³-hybridized carbons (Fsp3) is 0.353. The van der Waals surface area contributed by atoms with Gasteiger partial charge in [0.25, 0.3) is 5.91 Å². The Balaban J connectivity index is 1.79. The van der Waals surface area contributed by atoms with Gasteiger partial charge in [-0.1, -0.05) is 18.2 Å². The quantitative estimate of drug-likeness (QED) is 0.880. The molecular weight excluding hydrogens is 298 g/mol. The average molecular weight is 315 g/mol. The van der Waals surface area contributed by atoms with E-state index in [1.807, 2.05) is 49.6 Å². The Morgan fingerprint density at radius 1 is 1.32 bits per heavy atom. The molecule has 0 fully saturated rings. The Morgan fingerprint density at radius 2 is 2.09 bits per heavy atom. The molecule has 4 nitrogen and oxygen atoms in total. The Morgan fingerprint density at radius 3 is 2.86 bits per heavy atom. The van der Waals surface area contributed by atoms with Gasteiger partial charge < -0.3 is 14.7 Å². The van der Waals surface area contributed by atoms with Gasteiger partial charge in [-0.25, -0.2) is 0 Å². The van der Waals surface area contributed by atoms with Crippen molar-refractivity contribution in [2.24, 2.45) is 0 Å². The number of benzene rings is 1. The summed E-state index contributed by atoms with van der Waals surface area (Å²) in [6.07, 6.45) is -0.767. The molecule has 2 aliphatic rings. The summed E-state index contributed by atoms with van der Waals surface area (Å²) in [5.74, 6) is 0.755. The zero-order chi connectivity index (χ0) is 15.5. The number of carbonyl (C=O) groups excluding carboxylic acids is 1. The van der Waals surface area contributed by atoms with Crippen molar-refractivity contribution in [3.63, 3.8) is 0 Å². The van der Waals surface area contributed by atoms with Crippen LogP contribution in [0.5, 0.6) is 5.75 Å². The fourth-order valence-corrected chi connectivity index (χ4v) is 4.25. The minimum absolute atomic E-state index is 0.0169. The highest BCUT2D eigenvalue weighted by molar-refractivity contribution is 7.10. The van der Waals surface area contributed by atoms with Crippen LogP contribution in [0.4, 0.5) is 0 Å². The lowest BCUT2D eigenvalue weighted by Crippen LogP contribution is -2.53. The lowest BCUT2D eigenvalue weighted by Gasteiger charge is -2.43. The summed E-state index contributed by atoms with van der Waals surface area (Å²) in [4.78, 5) is 15.5. The molecule has 0 saturated heterocycles. The molecule has 0 spiro atoms. The highest BCUT2D eigenvalue weighted by Gasteiger charge is 2.49. The summed E-state index contributed by atoms with van der Waals surface area (Å²) in [6.45, 7) is 4.25. The van der Waals surface area contributed by atoms with Crippen LogP contribution < -0.4 is 4.74 Å². The third-order valence-corrected chi connectivity index (χ3v) is 5.46. The number of amides is 1. The lowest BCUT2D eigenvalue weighted by atomic mass is 9.90. The van der Waals surface area contributed by atoms with Gasteiger partial charge in [-0.05, 0) is 36.9 Å². The summed E-state index contributed by atoms with van der Waals surface area (Å²) in [5.41, 5.74) is 1.02. The van der Waals surface area contributed by atoms with Gasteiger partial charge in [0.05, 0.1) is 4.88 Å². The van der Waals surface area contributed by atoms with Crippen LogP contribution in [0, 0.1) is 0 Å². The van der Waals surface area contributed by atoms with Crippen molar-refractivity contribution in [3.8, 4) is 5.75 Å². The molecule has 1 aromatic carbocycles. The van der Waals surface area contributed by atoms with Crippen molar-refractivity contribution in [1.82, 2.24) is 4.90 Å². The van der Waals surface area contributed by atoms with Gasteiger partial charge in [0.1, 0.15) is 23.5 Å². The zero-order valence-corrected chi connectivity index (χ0v) is 13.3. The van der Waals surface area contributed by atoms with E-state index in [1.54, 1.807) is 4.90 Å². The zero-order valence-electron chi connectivity index (χ0n) is 12.4. The van der Waals surface area contributed by atoms with E-state index in [4.69, 9.17) is 4.74 Å². The molecule has 0 aliphatic carbocycles. The summed E-state index contributed by atoms with van der Waals surface area (Å²) in [6, 6.07) is 9.19. The Hall–Kier alpha value is -1.85. The number of ether oxygens (including phenoxy) is 1. The van der Waals surface area contributed by atoms with Crippen LogP contribution in [0.1, 0.15) is 40.7 Å². The normalized spacial score (nSPS) is 25.6. The highest BCUT2D eigenvalue weighted by atomic mass is 32.1. The van der Waals surface area contributed by atoms with Crippen molar-refractivity contribution < 1.29 is 14.6 Å². The first kappa shape index (κ1) is 13.8. The van der Waals surface area contributed by atoms with Gasteiger partial charge in [0.15, 0.2) is 0 Å². The van der Waals surface area contributed by atoms with Gasteiger partial charge in [0, 0.05) is 12.1 Å². The van der Waals surface area contributed by atoms with Crippen LogP contribution in [0.25, 0.3) is 0 Å². The summed E-state index contributed by atoms with van der Waals surface area (Å²) < 4.78 is 5.90. The summed E-state index contributed by atoms with van der Waals surface area (Å²) in [7, 11) is 0. The van der Waals surface area contributed by atoms with Crippen molar-refractivity contribution >= 4 is 17.2 Å². The van der Waals surface area contributed by atoms with E-state index in [9.17, 15) is 9.90 Å². The number of rotatable bonds is 1. The van der Waals surface area contributed by atoms with Crippen molar-refractivity contribution in [3.05, 3.63) is 51.7 Å². The number of aliphatic hydroxyl groups is 1. The van der Waals surface area contributed by atoms with Crippen LogP contribution in [0.2, 0.25) is 0 Å². The third kappa shape index (κ3) is 1.82. The minimum Gasteiger partial charge on any atom is -0.484 e. The number of fused-ring (bicyclic) bond motifs is 2. The van der Waals surface area contributed by atoms with Crippen LogP contribution in [0.3, 0.4) is 0 Å². The van der Waals surface area contributed by atoms with E-state index >= 15 is 0 Å². The first-order chi connectivity index (χ1) is 10.5. The van der Waals surface area contributed by atoms with Crippen molar-refractivity contribution in [1.29, 1.82) is 0 Å². The van der Waals surface area contributed by atoms with E-state index in [2.05, 4.69) is 0 Å². The smallest absolute Gasteiger partial charge is 0.255 e. The number of hydrogen-bond acceptors (Lipinski definition) is 4. The first-order valence-corrected chi connectivity index (χ1v) is 8.20. The molecule has 0 bridgehead atoms. The van der Waals surface area contributed by atoms with E-state index < -0.39 is 11.7 Å². The van der Waals surface area contributed by atoms with Gasteiger partial charge in [0.2, 0.25) is 0 Å². The highest BCUT2D eigenvalue weighted by Crippen LogP contribution is 2.47. The van der Waals surface area contributed by atoms with Gasteiger partial charge >= 0.3 is 0 Å². The molecule has 2 aromatic rings. The molecule has 5 heteroatoms. The SMILES string of the molecule is CC1(C)Oc2ccsc2C(N2Cc3ccccc3C2=O)[C@@H]1O. The predicted octanol–water partition coefficient (Wildman–Crippen LogP) is 2.98. The van der Waals surface area contributed by atoms with Crippen LogP contribution in [-0.2, 0) is 6.54 Å². The van der Waals surface area contributed by atoms with Gasteiger partial charge in [-0.15, -0.1) is 11.3 Å². The Kier molecular flexibility index (Phi) is 2.86.